The molecule has 0 saturated heterocycles. The van der Waals surface area contributed by atoms with Crippen LogP contribution in [-0.4, -0.2) is 80.6 Å². The van der Waals surface area contributed by atoms with Crippen molar-refractivity contribution in [1.29, 1.82) is 0 Å². The molecule has 0 spiro atoms. The molecule has 0 radical (unpaired) electrons. The number of amides is 3. The van der Waals surface area contributed by atoms with Crippen molar-refractivity contribution in [2.24, 2.45) is 11.3 Å². The average Bonchev–Trinajstić information content (AvgIpc) is 2.74. The van der Waals surface area contributed by atoms with Gasteiger partial charge in [-0.05, 0) is 40.0 Å². The van der Waals surface area contributed by atoms with E-state index in [-0.39, 0.29) is 41.9 Å². The van der Waals surface area contributed by atoms with E-state index in [1.165, 1.54) is 0 Å². The van der Waals surface area contributed by atoms with Crippen LogP contribution >= 0.6 is 0 Å². The quantitative estimate of drug-likeness (QED) is 0.230. The Morgan fingerprint density at radius 1 is 0.833 bits per heavy atom. The summed E-state index contributed by atoms with van der Waals surface area (Å²) >= 11 is 0. The van der Waals surface area contributed by atoms with Gasteiger partial charge in [0.1, 0.15) is 6.04 Å². The number of ketones is 1. The van der Waals surface area contributed by atoms with Gasteiger partial charge in [0.05, 0.1) is 31.9 Å². The van der Waals surface area contributed by atoms with Gasteiger partial charge in [0.15, 0.2) is 5.78 Å². The molecule has 0 bridgehead atoms. The van der Waals surface area contributed by atoms with Crippen LogP contribution in [0.2, 0.25) is 0 Å². The zero-order valence-corrected chi connectivity index (χ0v) is 24.0. The molecule has 10 heteroatoms. The summed E-state index contributed by atoms with van der Waals surface area (Å²) in [6.07, 6.45) is 0.309. The van der Waals surface area contributed by atoms with Gasteiger partial charge >= 0.3 is 0 Å². The topological polar surface area (TPSA) is 135 Å². The van der Waals surface area contributed by atoms with Crippen LogP contribution in [0.4, 0.5) is 0 Å². The second-order valence-corrected chi connectivity index (χ2v) is 11.5. The average molecular weight is 515 g/mol. The fourth-order valence-electron chi connectivity index (χ4n) is 3.48. The Morgan fingerprint density at radius 3 is 1.94 bits per heavy atom. The summed E-state index contributed by atoms with van der Waals surface area (Å²) < 4.78 is 10.3. The van der Waals surface area contributed by atoms with E-state index in [0.717, 1.165) is 0 Å². The predicted octanol–water partition coefficient (Wildman–Crippen LogP) is 1.56. The lowest BCUT2D eigenvalue weighted by Gasteiger charge is -2.28. The first-order chi connectivity index (χ1) is 16.5. The third-order valence-corrected chi connectivity index (χ3v) is 5.32. The molecule has 0 aromatic carbocycles. The van der Waals surface area contributed by atoms with E-state index in [0.29, 0.717) is 26.4 Å². The highest BCUT2D eigenvalue weighted by atomic mass is 16.5. The molecule has 0 rings (SSSR count). The van der Waals surface area contributed by atoms with Crippen LogP contribution in [0.15, 0.2) is 0 Å². The third kappa shape index (κ3) is 14.5. The van der Waals surface area contributed by atoms with E-state index in [1.54, 1.807) is 34.8 Å². The summed E-state index contributed by atoms with van der Waals surface area (Å²) in [5, 5.41) is 11.6. The molecule has 210 valence electrons. The summed E-state index contributed by atoms with van der Waals surface area (Å²) in [5.74, 6) is -1.23. The molecule has 4 N–H and O–H groups in total. The van der Waals surface area contributed by atoms with E-state index in [4.69, 9.17) is 9.47 Å². The van der Waals surface area contributed by atoms with Crippen molar-refractivity contribution in [1.82, 2.24) is 21.3 Å². The number of carbonyl (C=O) groups is 4. The first-order valence-electron chi connectivity index (χ1n) is 12.8. The Labute approximate surface area is 217 Å². The molecule has 0 unspecified atom stereocenters. The van der Waals surface area contributed by atoms with Crippen LogP contribution in [0, 0.1) is 11.3 Å². The third-order valence-electron chi connectivity index (χ3n) is 5.32. The fourth-order valence-corrected chi connectivity index (χ4v) is 3.48. The number of ether oxygens (including phenoxy) is 2. The van der Waals surface area contributed by atoms with Crippen LogP contribution in [0.3, 0.4) is 0 Å². The summed E-state index contributed by atoms with van der Waals surface area (Å²) in [7, 11) is 1.59. The molecule has 0 saturated carbocycles. The molecule has 0 aliphatic rings. The van der Waals surface area contributed by atoms with Crippen molar-refractivity contribution in [3.63, 3.8) is 0 Å². The highest BCUT2D eigenvalue weighted by Crippen LogP contribution is 2.17. The van der Waals surface area contributed by atoms with Crippen molar-refractivity contribution in [2.45, 2.75) is 98.8 Å². The second kappa shape index (κ2) is 15.9. The van der Waals surface area contributed by atoms with Crippen molar-refractivity contribution in [3.8, 4) is 0 Å². The number of nitrogens with one attached hydrogen (secondary N) is 4. The summed E-state index contributed by atoms with van der Waals surface area (Å²) in [6, 6.07) is -2.05. The lowest BCUT2D eigenvalue weighted by atomic mass is 9.87. The molecule has 0 aliphatic heterocycles. The number of hydrogen-bond acceptors (Lipinski definition) is 7. The van der Waals surface area contributed by atoms with E-state index in [9.17, 15) is 19.2 Å². The van der Waals surface area contributed by atoms with Crippen LogP contribution < -0.4 is 21.3 Å². The summed E-state index contributed by atoms with van der Waals surface area (Å²) in [6.45, 7) is 18.2. The van der Waals surface area contributed by atoms with Crippen molar-refractivity contribution < 1.29 is 28.7 Å². The van der Waals surface area contributed by atoms with Gasteiger partial charge < -0.3 is 30.7 Å². The molecule has 10 nitrogen and oxygen atoms in total. The van der Waals surface area contributed by atoms with E-state index < -0.39 is 29.4 Å². The standard InChI is InChI=1S/C26H50N4O6/c1-17(2)21(24(34)28-18(3)22(32)25(4,5)6)29-20(31)12-11-19(30-26(7,8)9)23(33)27-13-14-36-16-15-35-10/h17-19,21,30H,11-16H2,1-10H3,(H,27,33)(H,28,34)(H,29,31)/t18-,19-,21-/m0/s1. The molecule has 0 fully saturated rings. The van der Waals surface area contributed by atoms with Gasteiger partial charge in [-0.25, -0.2) is 0 Å². The summed E-state index contributed by atoms with van der Waals surface area (Å²) in [4.78, 5) is 50.8. The lowest BCUT2D eigenvalue weighted by Crippen LogP contribution is -2.55. The highest BCUT2D eigenvalue weighted by Gasteiger charge is 2.31. The minimum absolute atomic E-state index is 0.0540. The predicted molar refractivity (Wildman–Crippen MR) is 140 cm³/mol. The molecular formula is C26H50N4O6. The van der Waals surface area contributed by atoms with Crippen LogP contribution in [-0.2, 0) is 28.7 Å². The zero-order chi connectivity index (χ0) is 28.1. The number of Topliss-reactive ketones (excluding diaryl/α,β-unsaturated/α-hetero) is 1. The van der Waals surface area contributed by atoms with Gasteiger partial charge in [-0.3, -0.25) is 19.2 Å². The maximum absolute atomic E-state index is 12.8. The summed E-state index contributed by atoms with van der Waals surface area (Å²) in [5.41, 5.74) is -0.932. The fraction of sp³-hybridized carbons (Fsp3) is 0.846. The minimum Gasteiger partial charge on any atom is -0.382 e. The first-order valence-corrected chi connectivity index (χ1v) is 12.8. The Kier molecular flexibility index (Phi) is 15.0. The molecule has 3 amide bonds. The van der Waals surface area contributed by atoms with Gasteiger partial charge in [-0.15, -0.1) is 0 Å². The van der Waals surface area contributed by atoms with Crippen molar-refractivity contribution in [2.75, 3.05) is 33.5 Å². The SMILES string of the molecule is COCCOCCNC(=O)[C@H](CCC(=O)N[C@H](C(=O)N[C@@H](C)C(=O)C(C)(C)C)C(C)C)NC(C)(C)C. The first kappa shape index (κ1) is 34.0. The Balaban J connectivity index is 5.00. The van der Waals surface area contributed by atoms with E-state index in [1.807, 2.05) is 34.6 Å². The Bertz CT molecular complexity index is 712. The van der Waals surface area contributed by atoms with E-state index in [2.05, 4.69) is 21.3 Å². The molecular weight excluding hydrogens is 464 g/mol. The van der Waals surface area contributed by atoms with Gasteiger partial charge in [-0.2, -0.15) is 0 Å². The lowest BCUT2D eigenvalue weighted by molar-refractivity contribution is -0.134. The van der Waals surface area contributed by atoms with Crippen molar-refractivity contribution >= 4 is 23.5 Å². The number of carbonyl (C=O) groups excluding carboxylic acids is 4. The number of hydrogen-bond donors (Lipinski definition) is 4. The maximum Gasteiger partial charge on any atom is 0.243 e. The zero-order valence-electron chi connectivity index (χ0n) is 24.0. The number of rotatable bonds is 16. The molecule has 0 aromatic rings. The van der Waals surface area contributed by atoms with Crippen molar-refractivity contribution in [3.05, 3.63) is 0 Å². The molecule has 0 aliphatic carbocycles. The monoisotopic (exact) mass is 514 g/mol. The van der Waals surface area contributed by atoms with Gasteiger partial charge in [-0.1, -0.05) is 34.6 Å². The van der Waals surface area contributed by atoms with Gasteiger partial charge in [0.2, 0.25) is 17.7 Å². The molecule has 0 aromatic heterocycles. The van der Waals surface area contributed by atoms with Crippen LogP contribution in [0.1, 0.15) is 75.2 Å². The van der Waals surface area contributed by atoms with Gasteiger partial charge in [0.25, 0.3) is 0 Å². The molecule has 0 heterocycles. The molecule has 3 atom stereocenters. The maximum atomic E-state index is 12.8. The molecule has 36 heavy (non-hydrogen) atoms. The van der Waals surface area contributed by atoms with Crippen LogP contribution in [0.5, 0.6) is 0 Å². The minimum atomic E-state index is -0.792. The van der Waals surface area contributed by atoms with E-state index >= 15 is 0 Å². The Morgan fingerprint density at radius 2 is 1.44 bits per heavy atom. The number of methoxy groups -OCH3 is 1. The van der Waals surface area contributed by atoms with Crippen LogP contribution in [0.25, 0.3) is 0 Å². The smallest absolute Gasteiger partial charge is 0.243 e. The van der Waals surface area contributed by atoms with Gasteiger partial charge in [0, 0.05) is 31.0 Å². The highest BCUT2D eigenvalue weighted by molar-refractivity contribution is 5.94. The Hall–Kier alpha value is -2.04. The largest absolute Gasteiger partial charge is 0.382 e. The normalized spacial score (nSPS) is 14.6. The second-order valence-electron chi connectivity index (χ2n) is 11.5.